The van der Waals surface area contributed by atoms with Crippen molar-refractivity contribution in [2.45, 2.75) is 26.4 Å². The van der Waals surface area contributed by atoms with Gasteiger partial charge in [0.05, 0.1) is 5.69 Å². The maximum absolute atomic E-state index is 12.0. The largest absolute Gasteiger partial charge is 0.478 e. The molecule has 0 aromatic heterocycles. The first-order chi connectivity index (χ1) is 10.5. The normalized spacial score (nSPS) is 13.4. The predicted octanol–water partition coefficient (Wildman–Crippen LogP) is 3.89. The Balaban J connectivity index is 2.15. The average Bonchev–Trinajstić information content (AvgIpc) is 2.52. The molecule has 0 unspecified atom stereocenters. The van der Waals surface area contributed by atoms with Crippen LogP contribution in [0.3, 0.4) is 0 Å². The van der Waals surface area contributed by atoms with Crippen molar-refractivity contribution < 1.29 is 19.4 Å². The number of carboxylic acids is 1. The fraction of sp³-hybridized carbons (Fsp3) is 0.294. The van der Waals surface area contributed by atoms with Gasteiger partial charge in [0.1, 0.15) is 0 Å². The Morgan fingerprint density at radius 2 is 1.86 bits per heavy atom. The van der Waals surface area contributed by atoms with E-state index in [1.54, 1.807) is 13.0 Å². The third kappa shape index (κ3) is 3.55. The second-order valence-electron chi connectivity index (χ2n) is 5.20. The summed E-state index contributed by atoms with van der Waals surface area (Å²) < 4.78 is 5.07. The number of anilines is 1. The molecule has 0 aliphatic heterocycles. The molecule has 0 fully saturated rings. The smallest absolute Gasteiger partial charge is 0.412 e. The molecule has 0 bridgehead atoms. The van der Waals surface area contributed by atoms with Crippen LogP contribution in [0.25, 0.3) is 10.8 Å². The van der Waals surface area contributed by atoms with Crippen molar-refractivity contribution in [2.24, 2.45) is 5.92 Å². The lowest BCUT2D eigenvalue weighted by molar-refractivity contribution is -0.149. The van der Waals surface area contributed by atoms with Gasteiger partial charge in [-0.3, -0.25) is 5.32 Å². The number of hydrogen-bond donors (Lipinski definition) is 2. The number of carbonyl (C=O) groups excluding carboxylic acids is 1. The van der Waals surface area contributed by atoms with Crippen LogP contribution in [0.5, 0.6) is 0 Å². The molecule has 1 amide bonds. The minimum atomic E-state index is -1.15. The highest BCUT2D eigenvalue weighted by molar-refractivity contribution is 6.00. The van der Waals surface area contributed by atoms with Gasteiger partial charge in [-0.2, -0.15) is 0 Å². The molecule has 22 heavy (non-hydrogen) atoms. The van der Waals surface area contributed by atoms with Crippen LogP contribution < -0.4 is 5.32 Å². The topological polar surface area (TPSA) is 75.6 Å². The van der Waals surface area contributed by atoms with Gasteiger partial charge in [-0.15, -0.1) is 0 Å². The van der Waals surface area contributed by atoms with Gasteiger partial charge in [0.2, 0.25) is 6.10 Å². The predicted molar refractivity (Wildman–Crippen MR) is 84.9 cm³/mol. The van der Waals surface area contributed by atoms with Gasteiger partial charge in [-0.25, -0.2) is 9.59 Å². The molecule has 0 saturated carbocycles. The molecule has 0 heterocycles. The van der Waals surface area contributed by atoms with Gasteiger partial charge in [0.25, 0.3) is 0 Å². The monoisotopic (exact) mass is 301 g/mol. The Labute approximate surface area is 128 Å². The number of carbonyl (C=O) groups is 2. The second-order valence-corrected chi connectivity index (χ2v) is 5.20. The zero-order valence-corrected chi connectivity index (χ0v) is 12.6. The number of nitrogens with one attached hydrogen (secondary N) is 1. The van der Waals surface area contributed by atoms with Crippen LogP contribution in [-0.2, 0) is 9.53 Å². The lowest BCUT2D eigenvalue weighted by Gasteiger charge is -2.19. The summed E-state index contributed by atoms with van der Waals surface area (Å²) in [6, 6.07) is 13.1. The number of benzene rings is 2. The lowest BCUT2D eigenvalue weighted by Crippen LogP contribution is -2.34. The highest BCUT2D eigenvalue weighted by Gasteiger charge is 2.27. The maximum Gasteiger partial charge on any atom is 0.412 e. The van der Waals surface area contributed by atoms with Gasteiger partial charge in [0, 0.05) is 11.3 Å². The van der Waals surface area contributed by atoms with E-state index in [0.29, 0.717) is 12.1 Å². The molecule has 0 aliphatic rings. The van der Waals surface area contributed by atoms with E-state index in [9.17, 15) is 9.59 Å². The number of rotatable bonds is 5. The van der Waals surface area contributed by atoms with Gasteiger partial charge >= 0.3 is 12.1 Å². The Kier molecular flexibility index (Phi) is 4.99. The van der Waals surface area contributed by atoms with Crippen LogP contribution in [-0.4, -0.2) is 23.3 Å². The molecule has 5 nitrogen and oxygen atoms in total. The minimum absolute atomic E-state index is 0.254. The number of hydrogen-bond acceptors (Lipinski definition) is 3. The van der Waals surface area contributed by atoms with E-state index in [2.05, 4.69) is 5.32 Å². The van der Waals surface area contributed by atoms with E-state index in [1.165, 1.54) is 0 Å². The first-order valence-electron chi connectivity index (χ1n) is 7.21. The van der Waals surface area contributed by atoms with Crippen molar-refractivity contribution in [3.05, 3.63) is 42.5 Å². The maximum atomic E-state index is 12.0. The number of fused-ring (bicyclic) bond motifs is 1. The van der Waals surface area contributed by atoms with E-state index in [0.717, 1.165) is 10.8 Å². The van der Waals surface area contributed by atoms with Crippen LogP contribution >= 0.6 is 0 Å². The molecule has 2 rings (SSSR count). The van der Waals surface area contributed by atoms with Gasteiger partial charge in [0.15, 0.2) is 0 Å². The summed E-state index contributed by atoms with van der Waals surface area (Å²) >= 11 is 0. The molecule has 2 aromatic carbocycles. The van der Waals surface area contributed by atoms with Gasteiger partial charge < -0.3 is 9.84 Å². The van der Waals surface area contributed by atoms with E-state index in [4.69, 9.17) is 9.84 Å². The fourth-order valence-electron chi connectivity index (χ4n) is 2.21. The molecule has 2 atom stereocenters. The summed E-state index contributed by atoms with van der Waals surface area (Å²) in [5.41, 5.74) is 0.594. The first kappa shape index (κ1) is 15.8. The molecule has 0 saturated heterocycles. The van der Waals surface area contributed by atoms with Crippen molar-refractivity contribution in [3.63, 3.8) is 0 Å². The minimum Gasteiger partial charge on any atom is -0.478 e. The van der Waals surface area contributed by atoms with Crippen LogP contribution in [0.4, 0.5) is 10.5 Å². The summed E-state index contributed by atoms with van der Waals surface area (Å²) in [6.07, 6.45) is -1.30. The number of ether oxygens (including phenoxy) is 1. The third-order valence-corrected chi connectivity index (χ3v) is 3.66. The van der Waals surface area contributed by atoms with Crippen molar-refractivity contribution in [1.29, 1.82) is 0 Å². The third-order valence-electron chi connectivity index (χ3n) is 3.66. The van der Waals surface area contributed by atoms with Crippen LogP contribution in [0.15, 0.2) is 42.5 Å². The highest BCUT2D eigenvalue weighted by Crippen LogP contribution is 2.23. The molecular formula is C17H19NO4. The van der Waals surface area contributed by atoms with E-state index >= 15 is 0 Å². The van der Waals surface area contributed by atoms with Gasteiger partial charge in [-0.1, -0.05) is 50.2 Å². The summed E-state index contributed by atoms with van der Waals surface area (Å²) in [5.74, 6) is -1.39. The lowest BCUT2D eigenvalue weighted by atomic mass is 10.0. The molecule has 0 aliphatic carbocycles. The van der Waals surface area contributed by atoms with Crippen LogP contribution in [0.2, 0.25) is 0 Å². The Bertz CT molecular complexity index is 678. The summed E-state index contributed by atoms with van der Waals surface area (Å²) in [5, 5.41) is 13.6. The zero-order chi connectivity index (χ0) is 16.1. The first-order valence-corrected chi connectivity index (χ1v) is 7.21. The molecule has 2 N–H and O–H groups in total. The number of carboxylic acid groups (broad SMARTS) is 1. The Morgan fingerprint density at radius 1 is 1.18 bits per heavy atom. The number of amides is 1. The Hall–Kier alpha value is -2.56. The summed E-state index contributed by atoms with van der Waals surface area (Å²) in [7, 11) is 0. The standard InChI is InChI=1S/C17H19NO4/c1-3-11(2)15(16(19)20)22-17(21)18-14-10-6-8-12-7-4-5-9-13(12)14/h4-11,15H,3H2,1-2H3,(H,18,21)(H,19,20)/t11-,15+/m1/s1. The Morgan fingerprint density at radius 3 is 2.55 bits per heavy atom. The number of aliphatic carboxylic acids is 1. The van der Waals surface area contributed by atoms with Crippen LogP contribution in [0.1, 0.15) is 20.3 Å². The van der Waals surface area contributed by atoms with E-state index in [-0.39, 0.29) is 5.92 Å². The SMILES string of the molecule is CC[C@@H](C)[C@H](OC(=O)Nc1cccc2ccccc12)C(=O)O. The molecule has 2 aromatic rings. The molecule has 0 radical (unpaired) electrons. The summed E-state index contributed by atoms with van der Waals surface area (Å²) in [6.45, 7) is 3.59. The zero-order valence-electron chi connectivity index (χ0n) is 12.6. The van der Waals surface area contributed by atoms with Gasteiger partial charge in [-0.05, 0) is 17.9 Å². The van der Waals surface area contributed by atoms with Crippen LogP contribution in [0, 0.1) is 5.92 Å². The quantitative estimate of drug-likeness (QED) is 0.878. The molecule has 5 heteroatoms. The van der Waals surface area contributed by atoms with Crippen molar-refractivity contribution >= 4 is 28.5 Å². The molecule has 116 valence electrons. The molecular weight excluding hydrogens is 282 g/mol. The highest BCUT2D eigenvalue weighted by atomic mass is 16.6. The second kappa shape index (κ2) is 6.93. The fourth-order valence-corrected chi connectivity index (χ4v) is 2.21. The van der Waals surface area contributed by atoms with Crippen molar-refractivity contribution in [3.8, 4) is 0 Å². The average molecular weight is 301 g/mol. The van der Waals surface area contributed by atoms with E-state index < -0.39 is 18.2 Å². The molecule has 0 spiro atoms. The summed E-state index contributed by atoms with van der Waals surface area (Å²) in [4.78, 5) is 23.2. The van der Waals surface area contributed by atoms with Crippen molar-refractivity contribution in [2.75, 3.05) is 5.32 Å². The van der Waals surface area contributed by atoms with Crippen molar-refractivity contribution in [1.82, 2.24) is 0 Å². The van der Waals surface area contributed by atoms with E-state index in [1.807, 2.05) is 43.3 Å².